The monoisotopic (exact) mass is 424 g/mol. The molecule has 0 amide bonds. The molecule has 18 heavy (non-hydrogen) atoms. The number of carbonyl (C=O) groups excluding carboxylic acids is 1. The molecular weight excluding hydrogens is 407 g/mol. The molecule has 100 valence electrons. The van der Waals surface area contributed by atoms with Crippen LogP contribution in [-0.2, 0) is 9.53 Å². The number of ether oxygens (including phenoxy) is 1. The van der Waals surface area contributed by atoms with Crippen molar-refractivity contribution in [1.29, 1.82) is 0 Å². The Kier molecular flexibility index (Phi) is 5.85. The normalized spacial score (nSPS) is 13.2. The number of hydrogen-bond acceptors (Lipinski definition) is 2. The van der Waals surface area contributed by atoms with Crippen LogP contribution in [0, 0.1) is 8.99 Å². The number of rotatable bonds is 3. The van der Waals surface area contributed by atoms with Gasteiger partial charge in [0.25, 0.3) is 0 Å². The van der Waals surface area contributed by atoms with E-state index in [0.29, 0.717) is 5.76 Å². The molecule has 0 unspecified atom stereocenters. The van der Waals surface area contributed by atoms with Gasteiger partial charge >= 0.3 is 123 Å². The third-order valence-corrected chi connectivity index (χ3v) is 8.87. The van der Waals surface area contributed by atoms with Gasteiger partial charge in [0.15, 0.2) is 0 Å². The molecule has 0 heterocycles. The van der Waals surface area contributed by atoms with Crippen molar-refractivity contribution >= 4 is 36.3 Å². The van der Waals surface area contributed by atoms with Crippen molar-refractivity contribution in [1.82, 2.24) is 0 Å². The second-order valence-electron chi connectivity index (χ2n) is 4.92. The number of halogens is 2. The van der Waals surface area contributed by atoms with E-state index in [2.05, 4.69) is 24.8 Å². The summed E-state index contributed by atoms with van der Waals surface area (Å²) in [6, 6.07) is 10.2. The molecule has 0 aliphatic heterocycles. The standard InChI is InChI=1S/C14H18BrIO2/c1-11(18-13(17)14(2,3)4)10-16(15)12-8-6-5-7-9-12/h5-10H,1-4H3/b11-10-. The van der Waals surface area contributed by atoms with E-state index in [0.717, 1.165) is 0 Å². The summed E-state index contributed by atoms with van der Waals surface area (Å²) in [5.74, 6) is 0.488. The van der Waals surface area contributed by atoms with Gasteiger partial charge in [-0.05, 0) is 0 Å². The Morgan fingerprint density at radius 1 is 1.28 bits per heavy atom. The van der Waals surface area contributed by atoms with Crippen LogP contribution in [0.2, 0.25) is 0 Å². The Bertz CT molecular complexity index is 435. The van der Waals surface area contributed by atoms with Crippen molar-refractivity contribution in [3.63, 3.8) is 0 Å². The van der Waals surface area contributed by atoms with Crippen LogP contribution in [0.1, 0.15) is 27.7 Å². The average Bonchev–Trinajstić information content (AvgIpc) is 2.28. The zero-order valence-electron chi connectivity index (χ0n) is 11.0. The third-order valence-electron chi connectivity index (χ3n) is 2.06. The Balaban J connectivity index is 2.70. The van der Waals surface area contributed by atoms with Gasteiger partial charge < -0.3 is 0 Å². The van der Waals surface area contributed by atoms with E-state index in [1.165, 1.54) is 3.57 Å². The van der Waals surface area contributed by atoms with Crippen LogP contribution in [-0.4, -0.2) is 5.97 Å². The molecule has 0 spiro atoms. The summed E-state index contributed by atoms with van der Waals surface area (Å²) in [7, 11) is 0. The van der Waals surface area contributed by atoms with Gasteiger partial charge in [-0.15, -0.1) is 0 Å². The fraction of sp³-hybridized carbons (Fsp3) is 0.357. The molecule has 0 atom stereocenters. The van der Waals surface area contributed by atoms with Gasteiger partial charge in [-0.25, -0.2) is 0 Å². The number of esters is 1. The van der Waals surface area contributed by atoms with Crippen LogP contribution < -0.4 is 0 Å². The summed E-state index contributed by atoms with van der Waals surface area (Å²) in [5.41, 5.74) is -0.465. The fourth-order valence-electron chi connectivity index (χ4n) is 1.05. The Morgan fingerprint density at radius 3 is 2.33 bits per heavy atom. The molecule has 0 saturated heterocycles. The Hall–Kier alpha value is -0.360. The molecule has 0 fully saturated rings. The topological polar surface area (TPSA) is 26.3 Å². The first kappa shape index (κ1) is 15.7. The number of allylic oxidation sites excluding steroid dienone is 1. The van der Waals surface area contributed by atoms with E-state index < -0.39 is 23.0 Å². The van der Waals surface area contributed by atoms with E-state index >= 15 is 0 Å². The van der Waals surface area contributed by atoms with Gasteiger partial charge in [0, 0.05) is 0 Å². The Morgan fingerprint density at radius 2 is 1.83 bits per heavy atom. The van der Waals surface area contributed by atoms with Crippen molar-refractivity contribution < 1.29 is 9.53 Å². The minimum absolute atomic E-state index is 0.193. The second-order valence-corrected chi connectivity index (χ2v) is 12.6. The molecule has 0 N–H and O–H groups in total. The number of hydrogen-bond donors (Lipinski definition) is 0. The van der Waals surface area contributed by atoms with E-state index in [1.807, 2.05) is 50.0 Å². The first-order chi connectivity index (χ1) is 8.30. The van der Waals surface area contributed by atoms with Crippen molar-refractivity contribution in [3.05, 3.63) is 43.7 Å². The van der Waals surface area contributed by atoms with Crippen LogP contribution >= 0.6 is 30.3 Å². The van der Waals surface area contributed by atoms with Crippen molar-refractivity contribution in [2.24, 2.45) is 5.41 Å². The van der Waals surface area contributed by atoms with Crippen molar-refractivity contribution in [2.75, 3.05) is 0 Å². The summed E-state index contributed by atoms with van der Waals surface area (Å²) in [4.78, 5) is 11.7. The van der Waals surface area contributed by atoms with E-state index in [4.69, 9.17) is 4.74 Å². The summed E-state index contributed by atoms with van der Waals surface area (Å²) in [6.07, 6.45) is 0. The molecule has 0 aliphatic carbocycles. The van der Waals surface area contributed by atoms with Crippen LogP contribution in [0.3, 0.4) is 0 Å². The summed E-state index contributed by atoms with van der Waals surface area (Å²) in [6.45, 7) is 7.39. The number of carbonyl (C=O) groups is 1. The van der Waals surface area contributed by atoms with Gasteiger partial charge in [0.05, 0.1) is 0 Å². The molecular formula is C14H18BrIO2. The van der Waals surface area contributed by atoms with Gasteiger partial charge in [-0.3, -0.25) is 0 Å². The third kappa shape index (κ3) is 5.10. The van der Waals surface area contributed by atoms with Gasteiger partial charge in [-0.1, -0.05) is 0 Å². The van der Waals surface area contributed by atoms with Crippen LogP contribution in [0.5, 0.6) is 0 Å². The second kappa shape index (κ2) is 6.70. The maximum absolute atomic E-state index is 11.7. The molecule has 0 radical (unpaired) electrons. The predicted molar refractivity (Wildman–Crippen MR) is 87.4 cm³/mol. The fourth-order valence-corrected chi connectivity index (χ4v) is 6.39. The van der Waals surface area contributed by atoms with E-state index in [1.54, 1.807) is 0 Å². The minimum atomic E-state index is -1.54. The number of benzene rings is 1. The van der Waals surface area contributed by atoms with Crippen LogP contribution in [0.4, 0.5) is 0 Å². The molecule has 0 aromatic heterocycles. The van der Waals surface area contributed by atoms with Crippen LogP contribution in [0.15, 0.2) is 40.2 Å². The van der Waals surface area contributed by atoms with Crippen molar-refractivity contribution in [3.8, 4) is 0 Å². The summed E-state index contributed by atoms with van der Waals surface area (Å²) < 4.78 is 8.67. The zero-order valence-corrected chi connectivity index (χ0v) is 14.8. The molecule has 1 aromatic rings. The van der Waals surface area contributed by atoms with Gasteiger partial charge in [0.1, 0.15) is 0 Å². The molecule has 0 saturated carbocycles. The summed E-state index contributed by atoms with van der Waals surface area (Å²) >= 11 is 2.18. The average molecular weight is 425 g/mol. The molecule has 0 bridgehead atoms. The molecule has 1 rings (SSSR count). The first-order valence-corrected chi connectivity index (χ1v) is 12.8. The van der Waals surface area contributed by atoms with E-state index in [-0.39, 0.29) is 5.97 Å². The molecule has 2 nitrogen and oxygen atoms in total. The van der Waals surface area contributed by atoms with Gasteiger partial charge in [0.2, 0.25) is 0 Å². The molecule has 1 aromatic carbocycles. The zero-order chi connectivity index (χ0) is 13.8. The predicted octanol–water partition coefficient (Wildman–Crippen LogP) is 5.12. The van der Waals surface area contributed by atoms with Gasteiger partial charge in [-0.2, -0.15) is 0 Å². The first-order valence-electron chi connectivity index (χ1n) is 5.61. The maximum atomic E-state index is 11.7. The van der Waals surface area contributed by atoms with Crippen molar-refractivity contribution in [2.45, 2.75) is 27.7 Å². The summed E-state index contributed by atoms with van der Waals surface area (Å²) in [5, 5.41) is 0. The quantitative estimate of drug-likeness (QED) is 0.382. The molecule has 0 aliphatic rings. The van der Waals surface area contributed by atoms with E-state index in [9.17, 15) is 4.79 Å². The SMILES string of the molecule is C/C(=C/I(Br)c1ccccc1)OC(=O)C(C)(C)C. The Labute approximate surface area is 122 Å². The van der Waals surface area contributed by atoms with Crippen LogP contribution in [0.25, 0.3) is 0 Å². The molecule has 4 heteroatoms.